The van der Waals surface area contributed by atoms with Gasteiger partial charge in [0.2, 0.25) is 0 Å². The number of allylic oxidation sites excluding steroid dienone is 4. The van der Waals surface area contributed by atoms with Gasteiger partial charge in [0.1, 0.15) is 23.5 Å². The highest BCUT2D eigenvalue weighted by atomic mass is 32.2. The SMILES string of the molecule is CC1=CC(=C(C#N)C#N)c2cc(OCCCCN)ccc2S1. The number of fused-ring (bicyclic) bond motifs is 1. The van der Waals surface area contributed by atoms with E-state index in [1.807, 2.05) is 43.3 Å². The summed E-state index contributed by atoms with van der Waals surface area (Å²) >= 11 is 1.63. The van der Waals surface area contributed by atoms with Crippen LogP contribution in [0.5, 0.6) is 5.75 Å². The van der Waals surface area contributed by atoms with Crippen LogP contribution in [0.4, 0.5) is 0 Å². The molecule has 0 saturated carbocycles. The van der Waals surface area contributed by atoms with Crippen LogP contribution in [0.15, 0.2) is 39.6 Å². The first-order valence-electron chi connectivity index (χ1n) is 7.07. The fourth-order valence-electron chi connectivity index (χ4n) is 2.17. The second-order valence-corrected chi connectivity index (χ2v) is 6.16. The largest absolute Gasteiger partial charge is 0.494 e. The number of unbranched alkanes of at least 4 members (excludes halogenated alkanes) is 1. The van der Waals surface area contributed by atoms with Gasteiger partial charge in [-0.3, -0.25) is 0 Å². The van der Waals surface area contributed by atoms with E-state index < -0.39 is 0 Å². The Hall–Kier alpha value is -2.21. The van der Waals surface area contributed by atoms with Gasteiger partial charge in [-0.25, -0.2) is 0 Å². The number of nitriles is 2. The zero-order valence-electron chi connectivity index (χ0n) is 12.4. The van der Waals surface area contributed by atoms with E-state index in [0.717, 1.165) is 34.0 Å². The van der Waals surface area contributed by atoms with Gasteiger partial charge in [-0.1, -0.05) is 11.8 Å². The van der Waals surface area contributed by atoms with Gasteiger partial charge in [0.05, 0.1) is 6.61 Å². The number of hydrogen-bond donors (Lipinski definition) is 1. The summed E-state index contributed by atoms with van der Waals surface area (Å²) in [5.74, 6) is 0.747. The van der Waals surface area contributed by atoms with Crippen LogP contribution >= 0.6 is 11.8 Å². The van der Waals surface area contributed by atoms with Gasteiger partial charge in [-0.15, -0.1) is 0 Å². The molecule has 0 unspecified atom stereocenters. The van der Waals surface area contributed by atoms with Crippen LogP contribution < -0.4 is 10.5 Å². The minimum Gasteiger partial charge on any atom is -0.494 e. The molecule has 0 spiro atoms. The lowest BCUT2D eigenvalue weighted by molar-refractivity contribution is 0.307. The van der Waals surface area contributed by atoms with Crippen molar-refractivity contribution in [1.29, 1.82) is 10.5 Å². The highest BCUT2D eigenvalue weighted by molar-refractivity contribution is 8.03. The van der Waals surface area contributed by atoms with Gasteiger partial charge in [0.15, 0.2) is 0 Å². The standard InChI is InChI=1S/C17H17N3OS/c1-12-8-15(13(10-19)11-20)16-9-14(4-5-17(16)22-12)21-7-3-2-6-18/h4-5,8-9H,2-3,6-7,18H2,1H3. The molecule has 4 nitrogen and oxygen atoms in total. The summed E-state index contributed by atoms with van der Waals surface area (Å²) in [6.45, 7) is 3.24. The third-order valence-electron chi connectivity index (χ3n) is 3.22. The maximum Gasteiger partial charge on any atom is 0.137 e. The molecule has 0 atom stereocenters. The third-order valence-corrected chi connectivity index (χ3v) is 4.24. The van der Waals surface area contributed by atoms with Crippen LogP contribution in [0.2, 0.25) is 0 Å². The number of rotatable bonds is 5. The second-order valence-electron chi connectivity index (χ2n) is 4.87. The van der Waals surface area contributed by atoms with Crippen molar-refractivity contribution in [3.8, 4) is 17.9 Å². The van der Waals surface area contributed by atoms with Gasteiger partial charge in [0, 0.05) is 16.0 Å². The average molecular weight is 311 g/mol. The van der Waals surface area contributed by atoms with Crippen molar-refractivity contribution in [3.05, 3.63) is 40.3 Å². The monoisotopic (exact) mass is 311 g/mol. The topological polar surface area (TPSA) is 82.8 Å². The highest BCUT2D eigenvalue weighted by Gasteiger charge is 2.18. The summed E-state index contributed by atoms with van der Waals surface area (Å²) in [6.07, 6.45) is 3.72. The van der Waals surface area contributed by atoms with Crippen molar-refractivity contribution in [2.45, 2.75) is 24.7 Å². The summed E-state index contributed by atoms with van der Waals surface area (Å²) in [7, 11) is 0. The lowest BCUT2D eigenvalue weighted by atomic mass is 9.99. The molecule has 1 aliphatic heterocycles. The van der Waals surface area contributed by atoms with Gasteiger partial charge >= 0.3 is 0 Å². The number of hydrogen-bond acceptors (Lipinski definition) is 5. The maximum absolute atomic E-state index is 9.15. The Morgan fingerprint density at radius 1 is 1.27 bits per heavy atom. The Morgan fingerprint density at radius 3 is 2.73 bits per heavy atom. The van der Waals surface area contributed by atoms with Crippen LogP contribution in [0.3, 0.4) is 0 Å². The zero-order chi connectivity index (χ0) is 15.9. The molecule has 1 heterocycles. The smallest absolute Gasteiger partial charge is 0.137 e. The fraction of sp³-hybridized carbons (Fsp3) is 0.294. The van der Waals surface area contributed by atoms with Gasteiger partial charge in [0.25, 0.3) is 0 Å². The maximum atomic E-state index is 9.15. The Kier molecular flexibility index (Phi) is 5.66. The minimum atomic E-state index is 0.126. The van der Waals surface area contributed by atoms with E-state index in [1.165, 1.54) is 0 Å². The number of nitrogens with zero attached hydrogens (tertiary/aromatic N) is 2. The number of thioether (sulfide) groups is 1. The quantitative estimate of drug-likeness (QED) is 0.663. The third kappa shape index (κ3) is 3.71. The molecule has 22 heavy (non-hydrogen) atoms. The molecule has 5 heteroatoms. The predicted octanol–water partition coefficient (Wildman–Crippen LogP) is 3.61. The van der Waals surface area contributed by atoms with E-state index in [1.54, 1.807) is 11.8 Å². The van der Waals surface area contributed by atoms with Crippen molar-refractivity contribution in [1.82, 2.24) is 0 Å². The van der Waals surface area contributed by atoms with E-state index in [4.69, 9.17) is 21.0 Å². The van der Waals surface area contributed by atoms with E-state index in [-0.39, 0.29) is 5.57 Å². The molecular formula is C17H17N3OS. The van der Waals surface area contributed by atoms with E-state index in [2.05, 4.69) is 0 Å². The zero-order valence-corrected chi connectivity index (χ0v) is 13.2. The minimum absolute atomic E-state index is 0.126. The number of benzene rings is 1. The van der Waals surface area contributed by atoms with Gasteiger partial charge < -0.3 is 10.5 Å². The molecular weight excluding hydrogens is 294 g/mol. The summed E-state index contributed by atoms with van der Waals surface area (Å²) in [6, 6.07) is 9.74. The molecule has 1 aliphatic rings. The molecule has 0 aromatic heterocycles. The first-order valence-corrected chi connectivity index (χ1v) is 7.89. The molecule has 2 rings (SSSR count). The summed E-state index contributed by atoms with van der Waals surface area (Å²) in [5, 5.41) is 18.3. The molecule has 0 fully saturated rings. The average Bonchev–Trinajstić information content (AvgIpc) is 2.53. The second kappa shape index (κ2) is 7.70. The van der Waals surface area contributed by atoms with Crippen molar-refractivity contribution >= 4 is 17.3 Å². The van der Waals surface area contributed by atoms with Crippen molar-refractivity contribution < 1.29 is 4.74 Å². The molecule has 0 radical (unpaired) electrons. The van der Waals surface area contributed by atoms with Crippen LogP contribution in [0, 0.1) is 22.7 Å². The van der Waals surface area contributed by atoms with Crippen molar-refractivity contribution in [2.24, 2.45) is 5.73 Å². The Labute approximate surface area is 134 Å². The molecule has 1 aromatic carbocycles. The van der Waals surface area contributed by atoms with Gasteiger partial charge in [-0.2, -0.15) is 10.5 Å². The Morgan fingerprint density at radius 2 is 2.05 bits per heavy atom. The molecule has 2 N–H and O–H groups in total. The molecule has 0 aliphatic carbocycles. The van der Waals surface area contributed by atoms with E-state index in [0.29, 0.717) is 18.7 Å². The summed E-state index contributed by atoms with van der Waals surface area (Å²) in [4.78, 5) is 2.09. The molecule has 0 amide bonds. The van der Waals surface area contributed by atoms with Gasteiger partial charge in [-0.05, 0) is 55.5 Å². The number of nitrogens with two attached hydrogens (primary N) is 1. The first-order chi connectivity index (χ1) is 10.7. The lowest BCUT2D eigenvalue weighted by Gasteiger charge is -2.18. The summed E-state index contributed by atoms with van der Waals surface area (Å²) < 4.78 is 5.72. The van der Waals surface area contributed by atoms with Crippen LogP contribution in [-0.4, -0.2) is 13.2 Å². The van der Waals surface area contributed by atoms with Crippen LogP contribution in [-0.2, 0) is 0 Å². The Balaban J connectivity index is 2.33. The van der Waals surface area contributed by atoms with E-state index in [9.17, 15) is 0 Å². The highest BCUT2D eigenvalue weighted by Crippen LogP contribution is 2.42. The van der Waals surface area contributed by atoms with Crippen molar-refractivity contribution in [3.63, 3.8) is 0 Å². The number of ether oxygens (including phenoxy) is 1. The van der Waals surface area contributed by atoms with Crippen LogP contribution in [0.25, 0.3) is 5.57 Å². The fourth-order valence-corrected chi connectivity index (χ4v) is 3.11. The molecule has 0 saturated heterocycles. The molecule has 112 valence electrons. The van der Waals surface area contributed by atoms with E-state index >= 15 is 0 Å². The normalized spacial score (nSPS) is 12.7. The summed E-state index contributed by atoms with van der Waals surface area (Å²) in [5.41, 5.74) is 7.14. The predicted molar refractivity (Wildman–Crippen MR) is 88.0 cm³/mol. The Bertz CT molecular complexity index is 692. The first kappa shape index (κ1) is 16.2. The van der Waals surface area contributed by atoms with Crippen LogP contribution in [0.1, 0.15) is 25.3 Å². The lowest BCUT2D eigenvalue weighted by Crippen LogP contribution is -2.04. The molecule has 0 bridgehead atoms. The van der Waals surface area contributed by atoms with Crippen molar-refractivity contribution in [2.75, 3.05) is 13.2 Å². The molecule has 1 aromatic rings.